The molecule has 0 aromatic heterocycles. The lowest BCUT2D eigenvalue weighted by Gasteiger charge is -2.30. The molecule has 1 saturated heterocycles. The van der Waals surface area contributed by atoms with Gasteiger partial charge in [-0.2, -0.15) is 0 Å². The number of hydrazine groups is 1. The van der Waals surface area contributed by atoms with Crippen LogP contribution in [0.4, 0.5) is 8.78 Å². The minimum absolute atomic E-state index is 0.0582. The number of halogens is 3. The maximum absolute atomic E-state index is 13.9. The molecule has 19 heavy (non-hydrogen) atoms. The lowest BCUT2D eigenvalue weighted by atomic mass is 9.89. The molecule has 1 heterocycles. The zero-order valence-corrected chi connectivity index (χ0v) is 12.1. The molecule has 1 aliphatic heterocycles. The van der Waals surface area contributed by atoms with Gasteiger partial charge in [0.2, 0.25) is 0 Å². The summed E-state index contributed by atoms with van der Waals surface area (Å²) in [4.78, 5) is 0. The van der Waals surface area contributed by atoms with Gasteiger partial charge in [-0.15, -0.1) is 0 Å². The molecule has 0 bridgehead atoms. The Morgan fingerprint density at radius 3 is 2.89 bits per heavy atom. The van der Waals surface area contributed by atoms with Crippen molar-refractivity contribution in [2.45, 2.75) is 25.3 Å². The number of nitrogens with one attached hydrogen (secondary N) is 1. The molecule has 1 aliphatic rings. The number of hydrogen-bond donors (Lipinski definition) is 2. The Balaban J connectivity index is 2.15. The van der Waals surface area contributed by atoms with E-state index in [0.717, 1.165) is 19.4 Å². The number of benzene rings is 1. The number of nitrogens with two attached hydrogens (primary N) is 1. The second-order valence-electron chi connectivity index (χ2n) is 4.78. The molecular formula is C13H17BrF2N2O. The fourth-order valence-corrected chi connectivity index (χ4v) is 2.79. The topological polar surface area (TPSA) is 47.3 Å². The van der Waals surface area contributed by atoms with Crippen molar-refractivity contribution in [1.29, 1.82) is 0 Å². The Morgan fingerprint density at radius 2 is 2.26 bits per heavy atom. The van der Waals surface area contributed by atoms with E-state index in [1.54, 1.807) is 0 Å². The van der Waals surface area contributed by atoms with Crippen molar-refractivity contribution in [3.8, 4) is 0 Å². The van der Waals surface area contributed by atoms with Crippen LogP contribution < -0.4 is 11.3 Å². The average molecular weight is 335 g/mol. The summed E-state index contributed by atoms with van der Waals surface area (Å²) in [5.74, 6) is 4.60. The molecule has 1 fully saturated rings. The minimum Gasteiger partial charge on any atom is -0.381 e. The summed E-state index contributed by atoms with van der Waals surface area (Å²) in [7, 11) is 0. The van der Waals surface area contributed by atoms with E-state index in [0.29, 0.717) is 6.61 Å². The van der Waals surface area contributed by atoms with E-state index in [1.165, 1.54) is 12.1 Å². The van der Waals surface area contributed by atoms with E-state index < -0.39 is 11.6 Å². The van der Waals surface area contributed by atoms with Gasteiger partial charge in [-0.1, -0.05) is 0 Å². The highest BCUT2D eigenvalue weighted by Gasteiger charge is 2.26. The number of ether oxygens (including phenoxy) is 1. The molecule has 0 spiro atoms. The third-order valence-electron chi connectivity index (χ3n) is 3.54. The van der Waals surface area contributed by atoms with Crippen LogP contribution in [0.15, 0.2) is 16.6 Å². The van der Waals surface area contributed by atoms with Crippen LogP contribution in [0.25, 0.3) is 0 Å². The van der Waals surface area contributed by atoms with E-state index in [2.05, 4.69) is 21.4 Å². The summed E-state index contributed by atoms with van der Waals surface area (Å²) in [6.45, 7) is 1.32. The van der Waals surface area contributed by atoms with Crippen LogP contribution in [0.3, 0.4) is 0 Å². The van der Waals surface area contributed by atoms with Gasteiger partial charge in [0.05, 0.1) is 11.1 Å². The predicted octanol–water partition coefficient (Wildman–Crippen LogP) is 2.53. The Kier molecular flexibility index (Phi) is 5.27. The lowest BCUT2D eigenvalue weighted by molar-refractivity contribution is 0.0390. The van der Waals surface area contributed by atoms with E-state index in [9.17, 15) is 8.78 Å². The molecule has 0 radical (unpaired) electrons. The Hall–Kier alpha value is -0.560. The fourth-order valence-electron chi connectivity index (χ4n) is 2.42. The molecule has 0 saturated carbocycles. The molecule has 2 atom stereocenters. The van der Waals surface area contributed by atoms with Crippen molar-refractivity contribution >= 4 is 15.9 Å². The first-order chi connectivity index (χ1) is 9.13. The zero-order valence-electron chi connectivity index (χ0n) is 10.5. The first-order valence-electron chi connectivity index (χ1n) is 6.29. The Bertz CT molecular complexity index is 439. The predicted molar refractivity (Wildman–Crippen MR) is 72.4 cm³/mol. The van der Waals surface area contributed by atoms with Crippen LogP contribution in [0.5, 0.6) is 0 Å². The largest absolute Gasteiger partial charge is 0.381 e. The van der Waals surface area contributed by atoms with Crippen molar-refractivity contribution in [3.63, 3.8) is 0 Å². The standard InChI is InChI=1S/C13H17BrF2N2O/c14-10-3-4-11(15)9(13(10)16)6-12(18-17)8-2-1-5-19-7-8/h3-4,8,12,18H,1-2,5-7,17H2. The molecule has 6 heteroatoms. The molecular weight excluding hydrogens is 318 g/mol. The molecule has 1 aromatic rings. The quantitative estimate of drug-likeness (QED) is 0.505. The maximum Gasteiger partial charge on any atom is 0.143 e. The van der Waals surface area contributed by atoms with Crippen LogP contribution in [0, 0.1) is 17.6 Å². The van der Waals surface area contributed by atoms with Gasteiger partial charge in [0.15, 0.2) is 0 Å². The Morgan fingerprint density at radius 1 is 1.47 bits per heavy atom. The molecule has 2 unspecified atom stereocenters. The number of hydrogen-bond acceptors (Lipinski definition) is 3. The molecule has 2 rings (SSSR count). The van der Waals surface area contributed by atoms with Crippen LogP contribution in [0.2, 0.25) is 0 Å². The van der Waals surface area contributed by atoms with Crippen molar-refractivity contribution in [1.82, 2.24) is 5.43 Å². The Labute approximate surface area is 119 Å². The van der Waals surface area contributed by atoms with Crippen molar-refractivity contribution in [3.05, 3.63) is 33.8 Å². The summed E-state index contributed by atoms with van der Waals surface area (Å²) in [6.07, 6.45) is 2.11. The van der Waals surface area contributed by atoms with E-state index in [4.69, 9.17) is 10.6 Å². The second kappa shape index (κ2) is 6.74. The molecule has 106 valence electrons. The minimum atomic E-state index is -0.558. The van der Waals surface area contributed by atoms with Crippen LogP contribution in [-0.2, 0) is 11.2 Å². The lowest BCUT2D eigenvalue weighted by Crippen LogP contribution is -2.45. The van der Waals surface area contributed by atoms with Crippen LogP contribution >= 0.6 is 15.9 Å². The maximum atomic E-state index is 13.9. The summed E-state index contributed by atoms with van der Waals surface area (Å²) < 4.78 is 33.3. The van der Waals surface area contributed by atoms with Crippen LogP contribution in [-0.4, -0.2) is 19.3 Å². The molecule has 0 amide bonds. The molecule has 0 aliphatic carbocycles. The van der Waals surface area contributed by atoms with Crippen molar-refractivity contribution in [2.75, 3.05) is 13.2 Å². The first kappa shape index (κ1) is 14.8. The van der Waals surface area contributed by atoms with Gasteiger partial charge >= 0.3 is 0 Å². The second-order valence-corrected chi connectivity index (χ2v) is 5.63. The highest BCUT2D eigenvalue weighted by Crippen LogP contribution is 2.26. The normalized spacial score (nSPS) is 21.4. The smallest absolute Gasteiger partial charge is 0.143 e. The molecule has 1 aromatic carbocycles. The summed E-state index contributed by atoms with van der Waals surface area (Å²) in [6, 6.07) is 2.43. The van der Waals surface area contributed by atoms with Gasteiger partial charge in [-0.25, -0.2) is 8.78 Å². The summed E-state index contributed by atoms with van der Waals surface area (Å²) in [5, 5.41) is 0. The average Bonchev–Trinajstić information content (AvgIpc) is 2.44. The van der Waals surface area contributed by atoms with Crippen molar-refractivity contribution in [2.24, 2.45) is 11.8 Å². The third kappa shape index (κ3) is 3.51. The SMILES string of the molecule is NNC(Cc1c(F)ccc(Br)c1F)C1CCCOC1. The van der Waals surface area contributed by atoms with E-state index >= 15 is 0 Å². The highest BCUT2D eigenvalue weighted by molar-refractivity contribution is 9.10. The highest BCUT2D eigenvalue weighted by atomic mass is 79.9. The van der Waals surface area contributed by atoms with Crippen LogP contribution in [0.1, 0.15) is 18.4 Å². The van der Waals surface area contributed by atoms with E-state index in [-0.39, 0.29) is 28.4 Å². The zero-order chi connectivity index (χ0) is 13.8. The fraction of sp³-hybridized carbons (Fsp3) is 0.538. The number of rotatable bonds is 4. The van der Waals surface area contributed by atoms with Gasteiger partial charge < -0.3 is 4.74 Å². The third-order valence-corrected chi connectivity index (χ3v) is 4.15. The monoisotopic (exact) mass is 334 g/mol. The molecule has 3 nitrogen and oxygen atoms in total. The van der Waals surface area contributed by atoms with Gasteiger partial charge in [-0.05, 0) is 53.2 Å². The van der Waals surface area contributed by atoms with Gasteiger partial charge in [-0.3, -0.25) is 11.3 Å². The van der Waals surface area contributed by atoms with Gasteiger partial charge in [0.1, 0.15) is 11.6 Å². The van der Waals surface area contributed by atoms with Gasteiger partial charge in [0.25, 0.3) is 0 Å². The molecule has 3 N–H and O–H groups in total. The van der Waals surface area contributed by atoms with Crippen molar-refractivity contribution < 1.29 is 13.5 Å². The summed E-state index contributed by atoms with van der Waals surface area (Å²) in [5.41, 5.74) is 2.72. The summed E-state index contributed by atoms with van der Waals surface area (Å²) >= 11 is 3.07. The van der Waals surface area contributed by atoms with Gasteiger partial charge in [0, 0.05) is 18.2 Å². The first-order valence-corrected chi connectivity index (χ1v) is 7.09. The van der Waals surface area contributed by atoms with E-state index in [1.807, 2.05) is 0 Å².